The van der Waals surface area contributed by atoms with Crippen molar-refractivity contribution in [3.8, 4) is 0 Å². The number of carbonyl (C=O) groups excluding carboxylic acids is 3. The Balaban J connectivity index is 1.81. The van der Waals surface area contributed by atoms with E-state index in [1.807, 2.05) is 6.07 Å². The lowest BCUT2D eigenvalue weighted by molar-refractivity contribution is -0.141. The van der Waals surface area contributed by atoms with Gasteiger partial charge in [-0.05, 0) is 68.6 Å². The summed E-state index contributed by atoms with van der Waals surface area (Å²) in [6.45, 7) is 1.87. The molecule has 4 amide bonds. The summed E-state index contributed by atoms with van der Waals surface area (Å²) in [4.78, 5) is 51.6. The average Bonchev–Trinajstić information content (AvgIpc) is 2.93. The highest BCUT2D eigenvalue weighted by Crippen LogP contribution is 2.45. The number of nitrogens with zero attached hydrogens (tertiary/aromatic N) is 1. The summed E-state index contributed by atoms with van der Waals surface area (Å²) in [7, 11) is 1.48. The smallest absolute Gasteiger partial charge is 0.407 e. The van der Waals surface area contributed by atoms with Crippen LogP contribution in [0.4, 0.5) is 18.4 Å². The monoisotopic (exact) mass is 572 g/mol. The first-order chi connectivity index (χ1) is 19.6. The third kappa shape index (κ3) is 8.48. The van der Waals surface area contributed by atoms with Gasteiger partial charge >= 0.3 is 12.1 Å². The van der Waals surface area contributed by atoms with Crippen LogP contribution in [-0.2, 0) is 16.0 Å². The maximum atomic E-state index is 14.5. The summed E-state index contributed by atoms with van der Waals surface area (Å²) < 4.78 is 29.0. The molecule has 0 unspecified atom stereocenters. The van der Waals surface area contributed by atoms with Crippen LogP contribution in [0.5, 0.6) is 0 Å². The van der Waals surface area contributed by atoms with E-state index in [9.17, 15) is 33.1 Å². The molecule has 4 N–H and O–H groups in total. The Hall–Kier alpha value is -4.02. The lowest BCUT2D eigenvalue weighted by Crippen LogP contribution is -2.55. The van der Waals surface area contributed by atoms with E-state index < -0.39 is 46.9 Å². The minimum atomic E-state index is -1.39. The molecule has 0 heterocycles. The van der Waals surface area contributed by atoms with Crippen molar-refractivity contribution in [1.82, 2.24) is 20.9 Å². The van der Waals surface area contributed by atoms with Gasteiger partial charge in [-0.25, -0.2) is 18.4 Å². The second-order valence-corrected chi connectivity index (χ2v) is 10.6. The zero-order valence-electron chi connectivity index (χ0n) is 23.4. The first-order valence-corrected chi connectivity index (χ1v) is 13.8. The van der Waals surface area contributed by atoms with Crippen LogP contribution in [0, 0.1) is 17.0 Å². The van der Waals surface area contributed by atoms with Crippen LogP contribution in [0.25, 0.3) is 0 Å². The molecule has 1 aliphatic carbocycles. The van der Waals surface area contributed by atoms with Gasteiger partial charge in [-0.3, -0.25) is 14.5 Å². The van der Waals surface area contributed by atoms with Gasteiger partial charge in [0.2, 0.25) is 5.78 Å². The SMILES string of the molecule is CNC(=O)NCCCC[C@@H](C(=O)C(=O)N[C@H](C)c1ccccc1)N(CC1(Cc2c(F)cccc2F)CCC1)C(=O)O. The molecule has 11 heteroatoms. The minimum Gasteiger partial charge on any atom is -0.465 e. The number of hydrogen-bond donors (Lipinski definition) is 4. The zero-order valence-corrected chi connectivity index (χ0v) is 23.4. The number of Topliss-reactive ketones (excluding diaryl/α,β-unsaturated/α-hetero) is 1. The molecule has 0 aliphatic heterocycles. The Labute approximate surface area is 238 Å². The van der Waals surface area contributed by atoms with Gasteiger partial charge in [-0.15, -0.1) is 0 Å². The van der Waals surface area contributed by atoms with Gasteiger partial charge in [-0.1, -0.05) is 42.8 Å². The number of urea groups is 1. The maximum Gasteiger partial charge on any atom is 0.407 e. The summed E-state index contributed by atoms with van der Waals surface area (Å²) in [5.74, 6) is -3.22. The van der Waals surface area contributed by atoms with E-state index in [-0.39, 0.29) is 31.0 Å². The fourth-order valence-corrected chi connectivity index (χ4v) is 5.24. The molecule has 2 aromatic rings. The van der Waals surface area contributed by atoms with Gasteiger partial charge in [0.15, 0.2) is 0 Å². The molecule has 1 fully saturated rings. The summed E-state index contributed by atoms with van der Waals surface area (Å²) >= 11 is 0. The van der Waals surface area contributed by atoms with E-state index in [1.165, 1.54) is 13.1 Å². The fraction of sp³-hybridized carbons (Fsp3) is 0.467. The number of ketones is 1. The molecular weight excluding hydrogens is 534 g/mol. The van der Waals surface area contributed by atoms with Crippen molar-refractivity contribution >= 4 is 23.8 Å². The van der Waals surface area contributed by atoms with Crippen molar-refractivity contribution in [3.63, 3.8) is 0 Å². The Kier molecular flexibility index (Phi) is 11.2. The highest BCUT2D eigenvalue weighted by molar-refractivity contribution is 6.38. The number of carboxylic acid groups (broad SMARTS) is 1. The molecule has 1 aliphatic rings. The van der Waals surface area contributed by atoms with Gasteiger partial charge in [0, 0.05) is 25.7 Å². The predicted molar refractivity (Wildman–Crippen MR) is 149 cm³/mol. The molecule has 0 bridgehead atoms. The lowest BCUT2D eigenvalue weighted by Gasteiger charge is -2.46. The Morgan fingerprint density at radius 3 is 2.22 bits per heavy atom. The number of rotatable bonds is 14. The number of unbranched alkanes of at least 4 members (excludes halogenated alkanes) is 1. The molecule has 0 spiro atoms. The van der Waals surface area contributed by atoms with Crippen molar-refractivity contribution < 1.29 is 33.1 Å². The van der Waals surface area contributed by atoms with E-state index in [4.69, 9.17) is 0 Å². The molecule has 41 heavy (non-hydrogen) atoms. The Morgan fingerprint density at radius 1 is 1.00 bits per heavy atom. The van der Waals surface area contributed by atoms with Crippen LogP contribution in [0.3, 0.4) is 0 Å². The van der Waals surface area contributed by atoms with Gasteiger partial charge in [0.25, 0.3) is 5.91 Å². The third-order valence-electron chi connectivity index (χ3n) is 7.75. The number of amides is 4. The number of halogens is 2. The van der Waals surface area contributed by atoms with Crippen molar-refractivity contribution in [2.75, 3.05) is 20.1 Å². The summed E-state index contributed by atoms with van der Waals surface area (Å²) in [5.41, 5.74) is -0.106. The van der Waals surface area contributed by atoms with Crippen LogP contribution in [0.1, 0.15) is 62.6 Å². The molecular formula is C30H38F2N4O5. The van der Waals surface area contributed by atoms with Crippen LogP contribution < -0.4 is 16.0 Å². The summed E-state index contributed by atoms with van der Waals surface area (Å²) in [6, 6.07) is 10.5. The normalized spacial score (nSPS) is 15.1. The van der Waals surface area contributed by atoms with Crippen molar-refractivity contribution in [2.24, 2.45) is 5.41 Å². The number of nitrogens with one attached hydrogen (secondary N) is 3. The topological polar surface area (TPSA) is 128 Å². The number of hydrogen-bond acceptors (Lipinski definition) is 4. The number of carbonyl (C=O) groups is 4. The van der Waals surface area contributed by atoms with Gasteiger partial charge < -0.3 is 21.1 Å². The van der Waals surface area contributed by atoms with E-state index in [0.717, 1.165) is 29.0 Å². The van der Waals surface area contributed by atoms with Crippen molar-refractivity contribution in [1.29, 1.82) is 0 Å². The molecule has 3 rings (SSSR count). The maximum absolute atomic E-state index is 14.5. The standard InChI is InChI=1S/C30H38F2N4O5/c1-20(21-10-4-3-5-11-21)35-27(38)26(37)25(14-6-7-17-34-28(39)33-2)36(29(40)41)19-30(15-9-16-30)18-22-23(31)12-8-13-24(22)32/h3-5,8,10-13,20,25H,6-7,9,14-19H2,1-2H3,(H,35,38)(H,40,41)(H2,33,34,39)/t20-,25+/m1/s1. The molecule has 222 valence electrons. The number of benzene rings is 2. The quantitative estimate of drug-likeness (QED) is 0.195. The predicted octanol–water partition coefficient (Wildman–Crippen LogP) is 4.57. The van der Waals surface area contributed by atoms with Crippen LogP contribution >= 0.6 is 0 Å². The van der Waals surface area contributed by atoms with Gasteiger partial charge in [-0.2, -0.15) is 0 Å². The molecule has 1 saturated carbocycles. The second-order valence-electron chi connectivity index (χ2n) is 10.6. The Bertz CT molecular complexity index is 1200. The van der Waals surface area contributed by atoms with Crippen LogP contribution in [0.15, 0.2) is 48.5 Å². The first-order valence-electron chi connectivity index (χ1n) is 13.8. The molecule has 0 saturated heterocycles. The molecule has 2 aromatic carbocycles. The highest BCUT2D eigenvalue weighted by Gasteiger charge is 2.44. The van der Waals surface area contributed by atoms with E-state index in [0.29, 0.717) is 32.2 Å². The summed E-state index contributed by atoms with van der Waals surface area (Å²) in [6.07, 6.45) is 1.22. The molecule has 0 aromatic heterocycles. The largest absolute Gasteiger partial charge is 0.465 e. The van der Waals surface area contributed by atoms with E-state index >= 15 is 0 Å². The van der Waals surface area contributed by atoms with Crippen molar-refractivity contribution in [3.05, 3.63) is 71.3 Å². The third-order valence-corrected chi connectivity index (χ3v) is 7.75. The highest BCUT2D eigenvalue weighted by atomic mass is 19.1. The molecule has 2 atom stereocenters. The van der Waals surface area contributed by atoms with Gasteiger partial charge in [0.05, 0.1) is 6.04 Å². The zero-order chi connectivity index (χ0) is 30.0. The van der Waals surface area contributed by atoms with E-state index in [2.05, 4.69) is 16.0 Å². The van der Waals surface area contributed by atoms with E-state index in [1.54, 1.807) is 31.2 Å². The second kappa shape index (κ2) is 14.6. The van der Waals surface area contributed by atoms with Crippen LogP contribution in [0.2, 0.25) is 0 Å². The van der Waals surface area contributed by atoms with Crippen LogP contribution in [-0.4, -0.2) is 60.0 Å². The lowest BCUT2D eigenvalue weighted by atomic mass is 9.64. The van der Waals surface area contributed by atoms with Gasteiger partial charge in [0.1, 0.15) is 17.7 Å². The fourth-order valence-electron chi connectivity index (χ4n) is 5.24. The minimum absolute atomic E-state index is 0.0243. The molecule has 9 nitrogen and oxygen atoms in total. The molecule has 0 radical (unpaired) electrons. The first kappa shape index (κ1) is 31.5. The Morgan fingerprint density at radius 2 is 1.66 bits per heavy atom. The van der Waals surface area contributed by atoms with Crippen molar-refractivity contribution in [2.45, 2.75) is 64.0 Å². The average molecular weight is 573 g/mol. The summed E-state index contributed by atoms with van der Waals surface area (Å²) in [5, 5.41) is 18.0.